The predicted octanol–water partition coefficient (Wildman–Crippen LogP) is 14.4. The lowest BCUT2D eigenvalue weighted by Crippen LogP contribution is -2.02. The van der Waals surface area contributed by atoms with Crippen LogP contribution in [-0.4, -0.2) is 0 Å². The summed E-state index contributed by atoms with van der Waals surface area (Å²) in [5, 5.41) is 0. The Kier molecular flexibility index (Phi) is 12.1. The van der Waals surface area contributed by atoms with Crippen LogP contribution in [0.1, 0.15) is 84.8 Å². The summed E-state index contributed by atoms with van der Waals surface area (Å²) in [7, 11) is 0. The predicted molar refractivity (Wildman–Crippen MR) is 233 cm³/mol. The zero-order valence-electron chi connectivity index (χ0n) is 35.1. The molecular formula is C52H56O4. The fourth-order valence-electron chi connectivity index (χ4n) is 7.55. The van der Waals surface area contributed by atoms with Gasteiger partial charge in [0.05, 0.1) is 0 Å². The van der Waals surface area contributed by atoms with Crippen molar-refractivity contribution >= 4 is 6.08 Å². The van der Waals surface area contributed by atoms with Crippen LogP contribution in [0.2, 0.25) is 0 Å². The summed E-state index contributed by atoms with van der Waals surface area (Å²) in [5.74, 6) is 5.19. The van der Waals surface area contributed by atoms with E-state index in [1.165, 1.54) is 27.8 Å². The topological polar surface area (TPSA) is 36.9 Å². The van der Waals surface area contributed by atoms with Gasteiger partial charge in [-0.05, 0) is 201 Å². The molecule has 0 radical (unpaired) electrons. The maximum Gasteiger partial charge on any atom is 0.133 e. The molecule has 0 amide bonds. The first-order valence-electron chi connectivity index (χ1n) is 19.6. The van der Waals surface area contributed by atoms with E-state index in [-0.39, 0.29) is 0 Å². The minimum atomic E-state index is 0.501. The van der Waals surface area contributed by atoms with E-state index in [0.29, 0.717) is 13.2 Å². The van der Waals surface area contributed by atoms with Gasteiger partial charge in [-0.15, -0.1) is 0 Å². The molecule has 0 unspecified atom stereocenters. The molecule has 0 bridgehead atoms. The van der Waals surface area contributed by atoms with E-state index in [1.807, 2.05) is 6.08 Å². The zero-order chi connectivity index (χ0) is 40.3. The Morgan fingerprint density at radius 3 is 1.12 bits per heavy atom. The molecule has 6 aromatic rings. The average molecular weight is 745 g/mol. The van der Waals surface area contributed by atoms with E-state index in [9.17, 15) is 0 Å². The van der Waals surface area contributed by atoms with E-state index in [1.54, 1.807) is 0 Å². The van der Waals surface area contributed by atoms with Crippen molar-refractivity contribution in [3.63, 3.8) is 0 Å². The fourth-order valence-corrected chi connectivity index (χ4v) is 7.55. The molecule has 288 valence electrons. The molecule has 0 atom stereocenters. The molecule has 4 heteroatoms. The van der Waals surface area contributed by atoms with Crippen LogP contribution in [0.4, 0.5) is 0 Å². The van der Waals surface area contributed by atoms with Crippen LogP contribution in [0.5, 0.6) is 34.5 Å². The highest BCUT2D eigenvalue weighted by Crippen LogP contribution is 2.43. The van der Waals surface area contributed by atoms with Gasteiger partial charge in [-0.25, -0.2) is 0 Å². The van der Waals surface area contributed by atoms with Gasteiger partial charge < -0.3 is 18.9 Å². The maximum absolute atomic E-state index is 6.67. The first kappa shape index (κ1) is 39.9. The van der Waals surface area contributed by atoms with Gasteiger partial charge in [-0.3, -0.25) is 0 Å². The highest BCUT2D eigenvalue weighted by atomic mass is 16.5. The molecular weight excluding hydrogens is 689 g/mol. The molecule has 0 aliphatic carbocycles. The lowest BCUT2D eigenvalue weighted by Gasteiger charge is -2.22. The molecule has 0 aromatic heterocycles. The molecule has 6 aromatic carbocycles. The third kappa shape index (κ3) is 8.55. The number of rotatable bonds is 13. The van der Waals surface area contributed by atoms with Gasteiger partial charge in [0.15, 0.2) is 0 Å². The van der Waals surface area contributed by atoms with Crippen molar-refractivity contribution in [2.75, 3.05) is 0 Å². The minimum Gasteiger partial charge on any atom is -0.488 e. The molecule has 4 nitrogen and oxygen atoms in total. The van der Waals surface area contributed by atoms with Crippen molar-refractivity contribution in [2.24, 2.45) is 0 Å². The summed E-state index contributed by atoms with van der Waals surface area (Å²) in [5.41, 5.74) is 18.1. The van der Waals surface area contributed by atoms with Gasteiger partial charge in [0.1, 0.15) is 47.7 Å². The monoisotopic (exact) mass is 744 g/mol. The molecule has 0 saturated carbocycles. The number of benzene rings is 6. The third-order valence-electron chi connectivity index (χ3n) is 11.1. The van der Waals surface area contributed by atoms with Crippen molar-refractivity contribution in [3.8, 4) is 45.6 Å². The smallest absolute Gasteiger partial charge is 0.133 e. The summed E-state index contributed by atoms with van der Waals surface area (Å²) in [6, 6.07) is 29.7. The summed E-state index contributed by atoms with van der Waals surface area (Å²) in [4.78, 5) is 0. The maximum atomic E-state index is 6.67. The molecule has 0 aliphatic heterocycles. The standard InChI is InChI=1S/C52H56O4/c1-13-41-15-19-43(20-16-41)29-53-49-31(3)23-45(24-32(49)4)55-51-35(7)27-47(37(9)39(51)11)48-28-36(8)52(40(12)38(48)10)56-46-25-33(5)50(34(6)26-46)54-30-44-21-17-42(14-2)18-22-44/h13,15-28H,1,14,29-30H2,2-12H3. The summed E-state index contributed by atoms with van der Waals surface area (Å²) in [6.45, 7) is 28.3. The molecule has 6 rings (SSSR count). The normalized spacial score (nSPS) is 11.1. The van der Waals surface area contributed by atoms with Gasteiger partial charge in [0.2, 0.25) is 0 Å². The van der Waals surface area contributed by atoms with Crippen molar-refractivity contribution in [1.29, 1.82) is 0 Å². The Morgan fingerprint density at radius 1 is 0.429 bits per heavy atom. The highest BCUT2D eigenvalue weighted by molar-refractivity contribution is 5.77. The SMILES string of the molecule is C=Cc1ccc(COc2c(C)cc(Oc3c(C)cc(-c4cc(C)c(Oc5cc(C)c(OCc6ccc(CC)cc6)c(C)c5)c(C)c4C)c(C)c3C)cc2C)cc1. The first-order valence-corrected chi connectivity index (χ1v) is 19.6. The van der Waals surface area contributed by atoms with E-state index in [0.717, 1.165) is 102 Å². The Morgan fingerprint density at radius 2 is 0.768 bits per heavy atom. The number of ether oxygens (including phenoxy) is 4. The van der Waals surface area contributed by atoms with E-state index in [4.69, 9.17) is 18.9 Å². The average Bonchev–Trinajstić information content (AvgIpc) is 3.17. The van der Waals surface area contributed by atoms with E-state index >= 15 is 0 Å². The van der Waals surface area contributed by atoms with Gasteiger partial charge in [-0.2, -0.15) is 0 Å². The van der Waals surface area contributed by atoms with Crippen LogP contribution in [-0.2, 0) is 19.6 Å². The molecule has 0 spiro atoms. The second kappa shape index (κ2) is 17.0. The third-order valence-corrected chi connectivity index (χ3v) is 11.1. The molecule has 0 saturated heterocycles. The van der Waals surface area contributed by atoms with Crippen molar-refractivity contribution in [3.05, 3.63) is 169 Å². The second-order valence-corrected chi connectivity index (χ2v) is 15.3. The zero-order valence-corrected chi connectivity index (χ0v) is 35.1. The largest absolute Gasteiger partial charge is 0.488 e. The summed E-state index contributed by atoms with van der Waals surface area (Å²) >= 11 is 0. The first-order chi connectivity index (χ1) is 26.8. The van der Waals surface area contributed by atoms with Crippen LogP contribution in [0, 0.1) is 69.2 Å². The Balaban J connectivity index is 1.20. The quantitative estimate of drug-likeness (QED) is 0.118. The van der Waals surface area contributed by atoms with Gasteiger partial charge >= 0.3 is 0 Å². The van der Waals surface area contributed by atoms with Crippen molar-refractivity contribution < 1.29 is 18.9 Å². The Bertz CT molecular complexity index is 2350. The lowest BCUT2D eigenvalue weighted by molar-refractivity contribution is 0.301. The number of hydrogen-bond acceptors (Lipinski definition) is 4. The van der Waals surface area contributed by atoms with Gasteiger partial charge in [0, 0.05) is 0 Å². The van der Waals surface area contributed by atoms with E-state index < -0.39 is 0 Å². The van der Waals surface area contributed by atoms with Gasteiger partial charge in [-0.1, -0.05) is 68.1 Å². The fraction of sp³-hybridized carbons (Fsp3) is 0.269. The Labute approximate surface area is 334 Å². The highest BCUT2D eigenvalue weighted by Gasteiger charge is 2.20. The summed E-state index contributed by atoms with van der Waals surface area (Å²) < 4.78 is 25.9. The molecule has 56 heavy (non-hydrogen) atoms. The van der Waals surface area contributed by atoms with Crippen molar-refractivity contribution in [1.82, 2.24) is 0 Å². The van der Waals surface area contributed by atoms with Crippen LogP contribution in [0.25, 0.3) is 17.2 Å². The van der Waals surface area contributed by atoms with Crippen LogP contribution >= 0.6 is 0 Å². The number of aryl methyl sites for hydroxylation is 7. The lowest BCUT2D eigenvalue weighted by atomic mass is 9.88. The van der Waals surface area contributed by atoms with Gasteiger partial charge in [0.25, 0.3) is 0 Å². The minimum absolute atomic E-state index is 0.501. The second-order valence-electron chi connectivity index (χ2n) is 15.3. The Hall–Kier alpha value is -5.74. The van der Waals surface area contributed by atoms with Crippen LogP contribution in [0.15, 0.2) is 91.5 Å². The van der Waals surface area contributed by atoms with Crippen molar-refractivity contribution in [2.45, 2.75) is 95.8 Å². The molecule has 0 heterocycles. The molecule has 0 fully saturated rings. The molecule has 0 N–H and O–H groups in total. The van der Waals surface area contributed by atoms with E-state index in [2.05, 4.69) is 168 Å². The van der Waals surface area contributed by atoms with Crippen LogP contribution in [0.3, 0.4) is 0 Å². The van der Waals surface area contributed by atoms with Crippen LogP contribution < -0.4 is 18.9 Å². The number of hydrogen-bond donors (Lipinski definition) is 0. The molecule has 0 aliphatic rings. The summed E-state index contributed by atoms with van der Waals surface area (Å²) in [6.07, 6.45) is 2.88.